The van der Waals surface area contributed by atoms with Crippen LogP contribution < -0.4 is 4.72 Å². The number of halogens is 5. The van der Waals surface area contributed by atoms with Crippen molar-refractivity contribution in [3.05, 3.63) is 52.3 Å². The Morgan fingerprint density at radius 2 is 1.77 bits per heavy atom. The number of anilines is 1. The molecule has 0 aliphatic carbocycles. The highest BCUT2D eigenvalue weighted by Crippen LogP contribution is 2.36. The first-order chi connectivity index (χ1) is 10.1. The van der Waals surface area contributed by atoms with Crippen molar-refractivity contribution in [1.82, 2.24) is 4.98 Å². The van der Waals surface area contributed by atoms with E-state index >= 15 is 0 Å². The van der Waals surface area contributed by atoms with Crippen molar-refractivity contribution in [2.24, 2.45) is 0 Å². The Bertz CT molecular complexity index is 793. The number of nitrogens with zero attached hydrogens (tertiary/aromatic N) is 1. The van der Waals surface area contributed by atoms with Gasteiger partial charge in [-0.25, -0.2) is 13.4 Å². The molecule has 118 valence electrons. The first kappa shape index (κ1) is 16.9. The van der Waals surface area contributed by atoms with Crippen LogP contribution in [0.15, 0.2) is 41.4 Å². The molecule has 0 spiro atoms. The number of benzene rings is 1. The highest BCUT2D eigenvalue weighted by Gasteiger charge is 2.34. The van der Waals surface area contributed by atoms with Gasteiger partial charge in [0.2, 0.25) is 0 Å². The Morgan fingerprint density at radius 1 is 1.09 bits per heavy atom. The highest BCUT2D eigenvalue weighted by molar-refractivity contribution is 7.92. The summed E-state index contributed by atoms with van der Waals surface area (Å²) in [7, 11) is -4.22. The summed E-state index contributed by atoms with van der Waals surface area (Å²) < 4.78 is 64.6. The number of hydrogen-bond acceptors (Lipinski definition) is 3. The number of aromatic nitrogens is 1. The van der Waals surface area contributed by atoms with Gasteiger partial charge in [0, 0.05) is 0 Å². The molecule has 1 aromatic carbocycles. The van der Waals surface area contributed by atoms with Crippen LogP contribution in [0.3, 0.4) is 0 Å². The minimum atomic E-state index is -4.76. The normalized spacial score (nSPS) is 12.2. The van der Waals surface area contributed by atoms with E-state index in [1.165, 1.54) is 12.1 Å². The molecule has 2 aromatic rings. The third-order valence-electron chi connectivity index (χ3n) is 2.53. The van der Waals surface area contributed by atoms with E-state index in [0.717, 1.165) is 18.3 Å². The van der Waals surface area contributed by atoms with Crippen LogP contribution in [-0.4, -0.2) is 13.4 Å². The van der Waals surface area contributed by atoms with Crippen molar-refractivity contribution < 1.29 is 21.6 Å². The average Bonchev–Trinajstić information content (AvgIpc) is 2.40. The Balaban J connectivity index is 2.39. The Hall–Kier alpha value is -1.51. The molecule has 0 saturated heterocycles. The van der Waals surface area contributed by atoms with E-state index < -0.39 is 31.7 Å². The quantitative estimate of drug-likeness (QED) is 0.823. The molecule has 0 unspecified atom stereocenters. The Labute approximate surface area is 133 Å². The van der Waals surface area contributed by atoms with Gasteiger partial charge in [-0.05, 0) is 30.3 Å². The van der Waals surface area contributed by atoms with Crippen LogP contribution in [-0.2, 0) is 16.2 Å². The summed E-state index contributed by atoms with van der Waals surface area (Å²) in [4.78, 5) is 3.10. The van der Waals surface area contributed by atoms with E-state index in [2.05, 4.69) is 9.71 Å². The Morgan fingerprint density at radius 3 is 2.32 bits per heavy atom. The fourth-order valence-corrected chi connectivity index (χ4v) is 2.94. The minimum Gasteiger partial charge on any atom is -0.278 e. The third kappa shape index (κ3) is 3.82. The molecule has 1 heterocycles. The van der Waals surface area contributed by atoms with Crippen molar-refractivity contribution >= 4 is 38.9 Å². The number of hydrogen-bond donors (Lipinski definition) is 1. The molecule has 1 aromatic heterocycles. The number of nitrogens with one attached hydrogen (secondary N) is 1. The zero-order valence-corrected chi connectivity index (χ0v) is 12.9. The van der Waals surface area contributed by atoms with Gasteiger partial charge in [-0.15, -0.1) is 0 Å². The summed E-state index contributed by atoms with van der Waals surface area (Å²) in [5, 5.41) is -0.437. The molecule has 0 aliphatic rings. The van der Waals surface area contributed by atoms with Gasteiger partial charge in [-0.3, -0.25) is 4.72 Å². The van der Waals surface area contributed by atoms with Gasteiger partial charge in [-0.1, -0.05) is 23.2 Å². The molecule has 0 radical (unpaired) electrons. The molecule has 10 heteroatoms. The molecule has 0 atom stereocenters. The zero-order chi connectivity index (χ0) is 16.5. The van der Waals surface area contributed by atoms with E-state index in [9.17, 15) is 21.6 Å². The molecule has 2 rings (SSSR count). The van der Waals surface area contributed by atoms with Gasteiger partial charge in [0.25, 0.3) is 10.0 Å². The number of alkyl halides is 3. The predicted octanol–water partition coefficient (Wildman–Crippen LogP) is 4.21. The van der Waals surface area contributed by atoms with Gasteiger partial charge in [0.05, 0.1) is 27.4 Å². The molecule has 0 fully saturated rings. The summed E-state index contributed by atoms with van der Waals surface area (Å²) in [6.07, 6.45) is -3.62. The third-order valence-corrected chi connectivity index (χ3v) is 4.47. The lowest BCUT2D eigenvalue weighted by atomic mass is 10.2. The molecule has 22 heavy (non-hydrogen) atoms. The van der Waals surface area contributed by atoms with E-state index in [0.29, 0.717) is 6.07 Å². The monoisotopic (exact) mass is 370 g/mol. The summed E-state index contributed by atoms with van der Waals surface area (Å²) in [5.74, 6) is 0. The van der Waals surface area contributed by atoms with Crippen LogP contribution in [0.4, 0.5) is 18.9 Å². The fraction of sp³-hybridized carbons (Fsp3) is 0.0833. The molecular weight excluding hydrogens is 364 g/mol. The second-order valence-corrected chi connectivity index (χ2v) is 6.59. The van der Waals surface area contributed by atoms with Crippen molar-refractivity contribution in [3.63, 3.8) is 0 Å². The minimum absolute atomic E-state index is 0.0629. The summed E-state index contributed by atoms with van der Waals surface area (Å²) in [5.41, 5.74) is -1.17. The highest BCUT2D eigenvalue weighted by atomic mass is 35.5. The van der Waals surface area contributed by atoms with Gasteiger partial charge in [-0.2, -0.15) is 13.2 Å². The molecular formula is C12H7Cl2F3N2O2S. The van der Waals surface area contributed by atoms with Gasteiger partial charge in [0.15, 0.2) is 0 Å². The van der Waals surface area contributed by atoms with Gasteiger partial charge >= 0.3 is 6.18 Å². The first-order valence-electron chi connectivity index (χ1n) is 5.61. The van der Waals surface area contributed by atoms with Gasteiger partial charge in [0.1, 0.15) is 5.15 Å². The first-order valence-corrected chi connectivity index (χ1v) is 7.84. The summed E-state index contributed by atoms with van der Waals surface area (Å²) >= 11 is 11.0. The smallest absolute Gasteiger partial charge is 0.278 e. The fourth-order valence-electron chi connectivity index (χ4n) is 1.54. The SMILES string of the molecule is O=S(=O)(Nc1ccc(Cl)nc1)c1ccc(Cl)c(C(F)(F)F)c1. The summed E-state index contributed by atoms with van der Waals surface area (Å²) in [6.45, 7) is 0. The van der Waals surface area contributed by atoms with Crippen LogP contribution in [0.1, 0.15) is 5.56 Å². The Kier molecular flexibility index (Phi) is 4.55. The largest absolute Gasteiger partial charge is 0.417 e. The van der Waals surface area contributed by atoms with Crippen molar-refractivity contribution in [1.29, 1.82) is 0 Å². The topological polar surface area (TPSA) is 59.1 Å². The maximum absolute atomic E-state index is 12.8. The van der Waals surface area contributed by atoms with Crippen LogP contribution in [0.5, 0.6) is 0 Å². The molecule has 1 N–H and O–H groups in total. The maximum Gasteiger partial charge on any atom is 0.417 e. The second kappa shape index (κ2) is 5.94. The second-order valence-electron chi connectivity index (χ2n) is 4.11. The lowest BCUT2D eigenvalue weighted by Gasteiger charge is -2.12. The van der Waals surface area contributed by atoms with Crippen LogP contribution in [0, 0.1) is 0 Å². The van der Waals surface area contributed by atoms with Crippen molar-refractivity contribution in [2.75, 3.05) is 4.72 Å². The summed E-state index contributed by atoms with van der Waals surface area (Å²) in [6, 6.07) is 4.98. The maximum atomic E-state index is 12.8. The molecule has 0 amide bonds. The molecule has 0 aliphatic heterocycles. The van der Waals surface area contributed by atoms with Crippen molar-refractivity contribution in [2.45, 2.75) is 11.1 Å². The van der Waals surface area contributed by atoms with E-state index in [1.54, 1.807) is 0 Å². The van der Waals surface area contributed by atoms with Crippen molar-refractivity contribution in [3.8, 4) is 0 Å². The molecule has 0 saturated carbocycles. The zero-order valence-electron chi connectivity index (χ0n) is 10.5. The molecule has 4 nitrogen and oxygen atoms in total. The van der Waals surface area contributed by atoms with E-state index in [1.807, 2.05) is 0 Å². The van der Waals surface area contributed by atoms with Crippen LogP contribution >= 0.6 is 23.2 Å². The lowest BCUT2D eigenvalue weighted by Crippen LogP contribution is -2.15. The standard InChI is InChI=1S/C12H7Cl2F3N2O2S/c13-10-3-2-8(5-9(10)12(15,16)17)22(20,21)19-7-1-4-11(14)18-6-7/h1-6,19H. The van der Waals surface area contributed by atoms with Gasteiger partial charge < -0.3 is 0 Å². The number of rotatable bonds is 3. The molecule has 0 bridgehead atoms. The average molecular weight is 371 g/mol. The predicted molar refractivity (Wildman–Crippen MR) is 76.5 cm³/mol. The van der Waals surface area contributed by atoms with E-state index in [4.69, 9.17) is 23.2 Å². The number of sulfonamides is 1. The van der Waals surface area contributed by atoms with Crippen LogP contribution in [0.2, 0.25) is 10.2 Å². The number of pyridine rings is 1. The van der Waals surface area contributed by atoms with E-state index in [-0.39, 0.29) is 10.8 Å². The lowest BCUT2D eigenvalue weighted by molar-refractivity contribution is -0.137. The van der Waals surface area contributed by atoms with Crippen LogP contribution in [0.25, 0.3) is 0 Å².